The third kappa shape index (κ3) is 3.00. The van der Waals surface area contributed by atoms with Crippen molar-refractivity contribution in [3.63, 3.8) is 0 Å². The Morgan fingerprint density at radius 2 is 1.95 bits per heavy atom. The Labute approximate surface area is 119 Å². The second-order valence-corrected chi connectivity index (χ2v) is 5.82. The molecule has 1 amide bonds. The van der Waals surface area contributed by atoms with Gasteiger partial charge in [-0.1, -0.05) is 18.0 Å². The van der Waals surface area contributed by atoms with E-state index < -0.39 is 0 Å². The molecule has 1 aliphatic carbocycles. The number of nitrogens with zero attached hydrogens (tertiary/aromatic N) is 4. The molecule has 1 aromatic rings. The van der Waals surface area contributed by atoms with Crippen LogP contribution >= 0.6 is 0 Å². The molecule has 0 bridgehead atoms. The number of rotatable bonds is 3. The average molecular weight is 278 g/mol. The molecule has 1 aromatic heterocycles. The first-order chi connectivity index (χ1) is 9.72. The van der Waals surface area contributed by atoms with Crippen LogP contribution in [0.25, 0.3) is 0 Å². The highest BCUT2D eigenvalue weighted by Gasteiger charge is 2.29. The predicted molar refractivity (Wildman–Crippen MR) is 72.9 cm³/mol. The summed E-state index contributed by atoms with van der Waals surface area (Å²) in [7, 11) is 0. The van der Waals surface area contributed by atoms with Crippen molar-refractivity contribution in [3.05, 3.63) is 11.7 Å². The lowest BCUT2D eigenvalue weighted by Crippen LogP contribution is -2.49. The zero-order valence-corrected chi connectivity index (χ0v) is 12.0. The SMILES string of the molecule is Cc1noc(CN2CCN(C(=O)C3CCCC3)CC2)n1. The maximum absolute atomic E-state index is 12.3. The number of aromatic nitrogens is 2. The Bertz CT molecular complexity index is 459. The van der Waals surface area contributed by atoms with Crippen LogP contribution in [0.3, 0.4) is 0 Å². The van der Waals surface area contributed by atoms with Crippen LogP contribution in [0, 0.1) is 12.8 Å². The minimum Gasteiger partial charge on any atom is -0.340 e. The molecule has 0 N–H and O–H groups in total. The molecule has 6 nitrogen and oxygen atoms in total. The normalized spacial score (nSPS) is 21.6. The summed E-state index contributed by atoms with van der Waals surface area (Å²) in [6.45, 7) is 5.93. The monoisotopic (exact) mass is 278 g/mol. The van der Waals surface area contributed by atoms with E-state index in [1.54, 1.807) is 0 Å². The standard InChI is InChI=1S/C14H22N4O2/c1-11-15-13(20-16-11)10-17-6-8-18(9-7-17)14(19)12-4-2-3-5-12/h12H,2-10H2,1H3. The fourth-order valence-corrected chi connectivity index (χ4v) is 3.15. The van der Waals surface area contributed by atoms with Gasteiger partial charge in [0.1, 0.15) is 0 Å². The molecule has 1 aliphatic heterocycles. The molecule has 2 fully saturated rings. The van der Waals surface area contributed by atoms with E-state index in [0.29, 0.717) is 30.1 Å². The van der Waals surface area contributed by atoms with Gasteiger partial charge in [-0.2, -0.15) is 4.98 Å². The molecular formula is C14H22N4O2. The van der Waals surface area contributed by atoms with Gasteiger partial charge in [0.2, 0.25) is 11.8 Å². The number of aryl methyl sites for hydroxylation is 1. The maximum atomic E-state index is 12.3. The molecule has 1 saturated carbocycles. The van der Waals surface area contributed by atoms with Crippen LogP contribution in [-0.2, 0) is 11.3 Å². The summed E-state index contributed by atoms with van der Waals surface area (Å²) >= 11 is 0. The fraction of sp³-hybridized carbons (Fsp3) is 0.786. The molecule has 0 atom stereocenters. The van der Waals surface area contributed by atoms with Crippen LogP contribution in [-0.4, -0.2) is 52.0 Å². The van der Waals surface area contributed by atoms with E-state index in [0.717, 1.165) is 39.0 Å². The van der Waals surface area contributed by atoms with Crippen LogP contribution < -0.4 is 0 Å². The fourth-order valence-electron chi connectivity index (χ4n) is 3.15. The van der Waals surface area contributed by atoms with Crippen molar-refractivity contribution >= 4 is 5.91 Å². The molecule has 0 aromatic carbocycles. The van der Waals surface area contributed by atoms with Crippen molar-refractivity contribution < 1.29 is 9.32 Å². The first-order valence-corrected chi connectivity index (χ1v) is 7.53. The van der Waals surface area contributed by atoms with E-state index in [4.69, 9.17) is 4.52 Å². The van der Waals surface area contributed by atoms with Crippen LogP contribution in [0.4, 0.5) is 0 Å². The van der Waals surface area contributed by atoms with Gasteiger partial charge in [-0.15, -0.1) is 0 Å². The Morgan fingerprint density at radius 1 is 1.25 bits per heavy atom. The number of hydrogen-bond donors (Lipinski definition) is 0. The third-order valence-corrected chi connectivity index (χ3v) is 4.32. The lowest BCUT2D eigenvalue weighted by molar-refractivity contribution is -0.137. The van der Waals surface area contributed by atoms with E-state index in [9.17, 15) is 4.79 Å². The molecule has 2 aliphatic rings. The molecule has 3 rings (SSSR count). The van der Waals surface area contributed by atoms with Crippen molar-refractivity contribution in [1.29, 1.82) is 0 Å². The highest BCUT2D eigenvalue weighted by Crippen LogP contribution is 2.27. The van der Waals surface area contributed by atoms with Gasteiger partial charge in [0.25, 0.3) is 0 Å². The molecule has 0 radical (unpaired) electrons. The molecule has 110 valence electrons. The number of amides is 1. The van der Waals surface area contributed by atoms with Gasteiger partial charge in [0.15, 0.2) is 5.82 Å². The summed E-state index contributed by atoms with van der Waals surface area (Å²) in [6, 6.07) is 0. The second-order valence-electron chi connectivity index (χ2n) is 5.82. The molecule has 0 unspecified atom stereocenters. The highest BCUT2D eigenvalue weighted by molar-refractivity contribution is 5.79. The van der Waals surface area contributed by atoms with E-state index >= 15 is 0 Å². The quantitative estimate of drug-likeness (QED) is 0.831. The molecule has 20 heavy (non-hydrogen) atoms. The largest absolute Gasteiger partial charge is 0.340 e. The maximum Gasteiger partial charge on any atom is 0.240 e. The van der Waals surface area contributed by atoms with Gasteiger partial charge in [0.05, 0.1) is 6.54 Å². The highest BCUT2D eigenvalue weighted by atomic mass is 16.5. The van der Waals surface area contributed by atoms with Crippen molar-refractivity contribution in [1.82, 2.24) is 19.9 Å². The van der Waals surface area contributed by atoms with Crippen molar-refractivity contribution in [3.8, 4) is 0 Å². The smallest absolute Gasteiger partial charge is 0.240 e. The first-order valence-electron chi connectivity index (χ1n) is 7.53. The molecule has 0 spiro atoms. The van der Waals surface area contributed by atoms with Gasteiger partial charge in [-0.05, 0) is 19.8 Å². The van der Waals surface area contributed by atoms with Crippen molar-refractivity contribution in [2.45, 2.75) is 39.2 Å². The number of hydrogen-bond acceptors (Lipinski definition) is 5. The van der Waals surface area contributed by atoms with Crippen LogP contribution in [0.2, 0.25) is 0 Å². The summed E-state index contributed by atoms with van der Waals surface area (Å²) in [5, 5.41) is 3.80. The van der Waals surface area contributed by atoms with Gasteiger partial charge in [-0.3, -0.25) is 9.69 Å². The Kier molecular flexibility index (Phi) is 4.00. The zero-order valence-electron chi connectivity index (χ0n) is 12.0. The number of carbonyl (C=O) groups is 1. The molecule has 6 heteroatoms. The lowest BCUT2D eigenvalue weighted by Gasteiger charge is -2.35. The molecule has 2 heterocycles. The Hall–Kier alpha value is -1.43. The molecule has 1 saturated heterocycles. The predicted octanol–water partition coefficient (Wildman–Crippen LogP) is 1.21. The summed E-state index contributed by atoms with van der Waals surface area (Å²) in [6.07, 6.45) is 4.60. The van der Waals surface area contributed by atoms with Crippen LogP contribution in [0.1, 0.15) is 37.4 Å². The van der Waals surface area contributed by atoms with Gasteiger partial charge >= 0.3 is 0 Å². The van der Waals surface area contributed by atoms with Gasteiger partial charge in [0, 0.05) is 32.1 Å². The summed E-state index contributed by atoms with van der Waals surface area (Å²) in [4.78, 5) is 20.9. The first kappa shape index (κ1) is 13.5. The van der Waals surface area contributed by atoms with Crippen LogP contribution in [0.5, 0.6) is 0 Å². The Morgan fingerprint density at radius 3 is 2.55 bits per heavy atom. The third-order valence-electron chi connectivity index (χ3n) is 4.32. The minimum atomic E-state index is 0.292. The van der Waals surface area contributed by atoms with E-state index in [-0.39, 0.29) is 0 Å². The van der Waals surface area contributed by atoms with E-state index in [2.05, 4.69) is 15.0 Å². The van der Waals surface area contributed by atoms with E-state index in [1.165, 1.54) is 12.8 Å². The zero-order chi connectivity index (χ0) is 13.9. The van der Waals surface area contributed by atoms with Crippen LogP contribution in [0.15, 0.2) is 4.52 Å². The van der Waals surface area contributed by atoms with Crippen molar-refractivity contribution in [2.24, 2.45) is 5.92 Å². The molecular weight excluding hydrogens is 256 g/mol. The number of piperazine rings is 1. The topological polar surface area (TPSA) is 62.5 Å². The van der Waals surface area contributed by atoms with Crippen molar-refractivity contribution in [2.75, 3.05) is 26.2 Å². The Balaban J connectivity index is 1.48. The minimum absolute atomic E-state index is 0.292. The van der Waals surface area contributed by atoms with E-state index in [1.807, 2.05) is 11.8 Å². The summed E-state index contributed by atoms with van der Waals surface area (Å²) in [5.41, 5.74) is 0. The lowest BCUT2D eigenvalue weighted by atomic mass is 10.1. The van der Waals surface area contributed by atoms with Gasteiger partial charge in [-0.25, -0.2) is 0 Å². The van der Waals surface area contributed by atoms with Gasteiger partial charge < -0.3 is 9.42 Å². The summed E-state index contributed by atoms with van der Waals surface area (Å²) < 4.78 is 5.14. The summed E-state index contributed by atoms with van der Waals surface area (Å²) in [5.74, 6) is 2.00. The average Bonchev–Trinajstić information content (AvgIpc) is 3.11. The second kappa shape index (κ2) is 5.91. The number of carbonyl (C=O) groups excluding carboxylic acids is 1.